The highest BCUT2D eigenvalue weighted by molar-refractivity contribution is 5.93. The summed E-state index contributed by atoms with van der Waals surface area (Å²) in [6, 6.07) is 3.67. The molecule has 1 spiro atoms. The predicted molar refractivity (Wildman–Crippen MR) is 114 cm³/mol. The van der Waals surface area contributed by atoms with Crippen LogP contribution in [0.5, 0.6) is 0 Å². The highest BCUT2D eigenvalue weighted by Gasteiger charge is 2.49. The van der Waals surface area contributed by atoms with E-state index in [9.17, 15) is 18.0 Å². The van der Waals surface area contributed by atoms with Crippen molar-refractivity contribution in [1.82, 2.24) is 24.6 Å². The number of ether oxygens (including phenoxy) is 1. The number of aryl methyl sites for hydroxylation is 2. The van der Waals surface area contributed by atoms with E-state index in [0.717, 1.165) is 25.1 Å². The zero-order chi connectivity index (χ0) is 24.9. The summed E-state index contributed by atoms with van der Waals surface area (Å²) in [5.41, 5.74) is 1.38. The number of hydrogen-bond acceptors (Lipinski definition) is 7. The molecule has 0 aromatic carbocycles. The quantitative estimate of drug-likeness (QED) is 0.663. The number of anilines is 1. The van der Waals surface area contributed by atoms with E-state index in [2.05, 4.69) is 20.4 Å². The van der Waals surface area contributed by atoms with Crippen molar-refractivity contribution in [1.29, 1.82) is 0 Å². The molecule has 1 atom stereocenters. The number of halogens is 3. The standard InChI is InChI=1S/C19H26N6O2.C2HF3O2/c1-3-25-16(9-14(2)23-25)17(26)24-12-19(13-24)6-5-15(11-27-19)10-22-18-20-7-4-8-21-18;3-2(4,5)1(6)7/h4,7-9,15H,3,5-6,10-13H2,1-2H3,(H,20,21,22);(H,6,7). The maximum Gasteiger partial charge on any atom is 0.490 e. The summed E-state index contributed by atoms with van der Waals surface area (Å²) < 4.78 is 39.7. The van der Waals surface area contributed by atoms with E-state index in [4.69, 9.17) is 14.6 Å². The topological polar surface area (TPSA) is 122 Å². The van der Waals surface area contributed by atoms with Gasteiger partial charge >= 0.3 is 12.1 Å². The largest absolute Gasteiger partial charge is 0.490 e. The molecule has 0 saturated carbocycles. The van der Waals surface area contributed by atoms with Gasteiger partial charge in [-0.3, -0.25) is 9.48 Å². The molecule has 2 aromatic heterocycles. The van der Waals surface area contributed by atoms with Crippen LogP contribution >= 0.6 is 0 Å². The number of likely N-dealkylation sites (tertiary alicyclic amines) is 1. The van der Waals surface area contributed by atoms with E-state index in [1.165, 1.54) is 0 Å². The minimum absolute atomic E-state index is 0.0525. The maximum absolute atomic E-state index is 12.8. The van der Waals surface area contributed by atoms with Crippen LogP contribution in [0.3, 0.4) is 0 Å². The minimum atomic E-state index is -5.08. The lowest BCUT2D eigenvalue weighted by atomic mass is 9.82. The first-order chi connectivity index (χ1) is 16.0. The molecule has 10 nitrogen and oxygen atoms in total. The van der Waals surface area contributed by atoms with Gasteiger partial charge in [0.2, 0.25) is 5.95 Å². The average molecular weight is 484 g/mol. The summed E-state index contributed by atoms with van der Waals surface area (Å²) >= 11 is 0. The van der Waals surface area contributed by atoms with Crippen molar-refractivity contribution in [2.45, 2.75) is 45.0 Å². The van der Waals surface area contributed by atoms with Crippen LogP contribution in [-0.2, 0) is 16.1 Å². The van der Waals surface area contributed by atoms with Gasteiger partial charge < -0.3 is 20.1 Å². The second-order valence-electron chi connectivity index (χ2n) is 8.30. The molecule has 4 heterocycles. The van der Waals surface area contributed by atoms with Gasteiger partial charge in [-0.2, -0.15) is 18.3 Å². The van der Waals surface area contributed by atoms with Crippen LogP contribution in [0.2, 0.25) is 0 Å². The first-order valence-electron chi connectivity index (χ1n) is 10.8. The maximum atomic E-state index is 12.8. The molecule has 2 aliphatic heterocycles. The first kappa shape index (κ1) is 25.4. The zero-order valence-corrected chi connectivity index (χ0v) is 18.9. The summed E-state index contributed by atoms with van der Waals surface area (Å²) in [5.74, 6) is -1.61. The molecule has 2 saturated heterocycles. The Bertz CT molecular complexity index is 982. The van der Waals surface area contributed by atoms with Gasteiger partial charge in [0.25, 0.3) is 5.91 Å². The van der Waals surface area contributed by atoms with Gasteiger partial charge in [-0.1, -0.05) is 0 Å². The molecule has 2 fully saturated rings. The van der Waals surface area contributed by atoms with Crippen LogP contribution in [-0.4, -0.2) is 79.6 Å². The van der Waals surface area contributed by atoms with Gasteiger partial charge in [0.05, 0.1) is 25.4 Å². The van der Waals surface area contributed by atoms with Gasteiger partial charge in [-0.05, 0) is 44.7 Å². The number of carboxylic acid groups (broad SMARTS) is 1. The summed E-state index contributed by atoms with van der Waals surface area (Å²) in [6.45, 7) is 7.46. The van der Waals surface area contributed by atoms with Crippen molar-refractivity contribution in [3.05, 3.63) is 35.9 Å². The number of hydrogen-bond donors (Lipinski definition) is 2. The SMILES string of the molecule is CCn1nc(C)cc1C(=O)N1CC2(CCC(CNc3ncccn3)CO2)C1.O=C(O)C(F)(F)F. The van der Waals surface area contributed by atoms with E-state index in [1.807, 2.05) is 24.8 Å². The third-order valence-corrected chi connectivity index (χ3v) is 5.66. The number of aliphatic carboxylic acids is 1. The second kappa shape index (κ2) is 10.4. The molecule has 4 rings (SSSR count). The molecular weight excluding hydrogens is 457 g/mol. The Hall–Kier alpha value is -3.22. The van der Waals surface area contributed by atoms with E-state index < -0.39 is 12.1 Å². The van der Waals surface area contributed by atoms with Crippen molar-refractivity contribution in [2.24, 2.45) is 5.92 Å². The molecule has 186 valence electrons. The Morgan fingerprint density at radius 1 is 1.29 bits per heavy atom. The van der Waals surface area contributed by atoms with E-state index in [-0.39, 0.29) is 11.5 Å². The number of amides is 1. The zero-order valence-electron chi connectivity index (χ0n) is 18.9. The highest BCUT2D eigenvalue weighted by atomic mass is 19.4. The molecule has 34 heavy (non-hydrogen) atoms. The fourth-order valence-electron chi connectivity index (χ4n) is 3.87. The Morgan fingerprint density at radius 2 is 1.94 bits per heavy atom. The number of carbonyl (C=O) groups is 2. The summed E-state index contributed by atoms with van der Waals surface area (Å²) in [7, 11) is 0. The number of aromatic nitrogens is 4. The lowest BCUT2D eigenvalue weighted by Gasteiger charge is -2.52. The van der Waals surface area contributed by atoms with E-state index >= 15 is 0 Å². The third-order valence-electron chi connectivity index (χ3n) is 5.66. The summed E-state index contributed by atoms with van der Waals surface area (Å²) in [6.07, 6.45) is 0.431. The van der Waals surface area contributed by atoms with Crippen molar-refractivity contribution < 1.29 is 32.6 Å². The molecule has 2 N–H and O–H groups in total. The van der Waals surface area contributed by atoms with Crippen LogP contribution < -0.4 is 5.32 Å². The Morgan fingerprint density at radius 3 is 2.47 bits per heavy atom. The number of carboxylic acids is 1. The second-order valence-corrected chi connectivity index (χ2v) is 8.30. The molecule has 13 heteroatoms. The minimum Gasteiger partial charge on any atom is -0.475 e. The fourth-order valence-corrected chi connectivity index (χ4v) is 3.87. The van der Waals surface area contributed by atoms with Gasteiger partial charge in [-0.25, -0.2) is 14.8 Å². The number of nitrogens with one attached hydrogen (secondary N) is 1. The lowest BCUT2D eigenvalue weighted by Crippen LogP contribution is -2.66. The summed E-state index contributed by atoms with van der Waals surface area (Å²) in [5, 5.41) is 14.8. The molecular formula is C21H27F3N6O4. The van der Waals surface area contributed by atoms with Gasteiger partial charge in [0, 0.05) is 25.5 Å². The summed E-state index contributed by atoms with van der Waals surface area (Å²) in [4.78, 5) is 31.9. The average Bonchev–Trinajstić information content (AvgIpc) is 3.17. The molecule has 0 aliphatic carbocycles. The molecule has 1 unspecified atom stereocenters. The van der Waals surface area contributed by atoms with E-state index in [0.29, 0.717) is 43.8 Å². The molecule has 2 aliphatic rings. The number of rotatable bonds is 5. The van der Waals surface area contributed by atoms with Crippen LogP contribution in [0.4, 0.5) is 19.1 Å². The van der Waals surface area contributed by atoms with Crippen molar-refractivity contribution in [3.63, 3.8) is 0 Å². The molecule has 1 amide bonds. The van der Waals surface area contributed by atoms with Crippen LogP contribution in [0.25, 0.3) is 0 Å². The monoisotopic (exact) mass is 484 g/mol. The predicted octanol–water partition coefficient (Wildman–Crippen LogP) is 2.37. The smallest absolute Gasteiger partial charge is 0.475 e. The van der Waals surface area contributed by atoms with Crippen LogP contribution in [0.15, 0.2) is 24.5 Å². The Kier molecular flexibility index (Phi) is 7.75. The molecule has 0 radical (unpaired) electrons. The molecule has 2 aromatic rings. The fraction of sp³-hybridized carbons (Fsp3) is 0.571. The molecule has 0 bridgehead atoms. The number of alkyl halides is 3. The van der Waals surface area contributed by atoms with Crippen LogP contribution in [0, 0.1) is 12.8 Å². The van der Waals surface area contributed by atoms with Crippen molar-refractivity contribution in [3.8, 4) is 0 Å². The third kappa shape index (κ3) is 6.22. The number of carbonyl (C=O) groups excluding carboxylic acids is 1. The van der Waals surface area contributed by atoms with Crippen molar-refractivity contribution in [2.75, 3.05) is 31.6 Å². The van der Waals surface area contributed by atoms with Gasteiger partial charge in [-0.15, -0.1) is 0 Å². The highest BCUT2D eigenvalue weighted by Crippen LogP contribution is 2.36. The van der Waals surface area contributed by atoms with Gasteiger partial charge in [0.15, 0.2) is 0 Å². The van der Waals surface area contributed by atoms with Crippen molar-refractivity contribution >= 4 is 17.8 Å². The lowest BCUT2D eigenvalue weighted by molar-refractivity contribution is -0.192. The van der Waals surface area contributed by atoms with Gasteiger partial charge in [0.1, 0.15) is 11.3 Å². The van der Waals surface area contributed by atoms with E-state index in [1.54, 1.807) is 23.1 Å². The number of nitrogens with zero attached hydrogens (tertiary/aromatic N) is 5. The normalized spacial score (nSPS) is 19.1. The van der Waals surface area contributed by atoms with Crippen LogP contribution in [0.1, 0.15) is 35.9 Å². The Labute approximate surface area is 194 Å². The first-order valence-corrected chi connectivity index (χ1v) is 10.8. The Balaban J connectivity index is 0.000000406.